The van der Waals surface area contributed by atoms with Gasteiger partial charge in [-0.15, -0.1) is 0 Å². The molecule has 0 aromatic heterocycles. The molecule has 0 aliphatic carbocycles. The summed E-state index contributed by atoms with van der Waals surface area (Å²) < 4.78 is 0. The SMILES string of the molecule is CC(C)C(NC(=O)C(CS)NC(=O)C(CO)NC(=O)CN)C(=O)O. The topological polar surface area (TPSA) is 171 Å². The molecule has 0 aromatic rings. The molecule has 0 fully saturated rings. The van der Waals surface area contributed by atoms with Crippen LogP contribution in [-0.4, -0.2) is 70.9 Å². The maximum absolute atomic E-state index is 12.1. The fourth-order valence-corrected chi connectivity index (χ4v) is 1.94. The summed E-state index contributed by atoms with van der Waals surface area (Å²) in [5.41, 5.74) is 5.10. The average molecular weight is 364 g/mol. The molecule has 0 aliphatic rings. The third-order valence-electron chi connectivity index (χ3n) is 3.07. The van der Waals surface area contributed by atoms with Gasteiger partial charge in [0.05, 0.1) is 13.2 Å². The molecule has 0 saturated heterocycles. The smallest absolute Gasteiger partial charge is 0.326 e. The molecule has 0 spiro atoms. The van der Waals surface area contributed by atoms with Gasteiger partial charge < -0.3 is 31.9 Å². The summed E-state index contributed by atoms with van der Waals surface area (Å²) in [6, 6.07) is -3.54. The van der Waals surface area contributed by atoms with Crippen LogP contribution in [0.3, 0.4) is 0 Å². The number of amides is 3. The molecule has 0 aliphatic heterocycles. The molecule has 138 valence electrons. The number of carbonyl (C=O) groups is 4. The normalized spacial score (nSPS) is 14.4. The number of rotatable bonds is 10. The van der Waals surface area contributed by atoms with Gasteiger partial charge in [0.2, 0.25) is 17.7 Å². The Kier molecular flexibility index (Phi) is 10.0. The first-order valence-electron chi connectivity index (χ1n) is 7.22. The number of aliphatic carboxylic acids is 1. The van der Waals surface area contributed by atoms with Crippen LogP contribution in [0.15, 0.2) is 0 Å². The van der Waals surface area contributed by atoms with Crippen molar-refractivity contribution >= 4 is 36.3 Å². The van der Waals surface area contributed by atoms with E-state index in [1.54, 1.807) is 13.8 Å². The Morgan fingerprint density at radius 2 is 1.58 bits per heavy atom. The molecule has 7 N–H and O–H groups in total. The van der Waals surface area contributed by atoms with Crippen molar-refractivity contribution in [2.75, 3.05) is 18.9 Å². The Balaban J connectivity index is 4.88. The highest BCUT2D eigenvalue weighted by Gasteiger charge is 2.29. The van der Waals surface area contributed by atoms with Crippen LogP contribution in [-0.2, 0) is 19.2 Å². The molecule has 24 heavy (non-hydrogen) atoms. The van der Waals surface area contributed by atoms with Gasteiger partial charge in [-0.1, -0.05) is 13.8 Å². The predicted octanol–water partition coefficient (Wildman–Crippen LogP) is -2.94. The zero-order chi connectivity index (χ0) is 18.9. The fraction of sp³-hybridized carbons (Fsp3) is 0.692. The second-order valence-electron chi connectivity index (χ2n) is 5.32. The molecule has 0 saturated carbocycles. The Morgan fingerprint density at radius 1 is 1.04 bits per heavy atom. The Bertz CT molecular complexity index is 473. The molecule has 0 radical (unpaired) electrons. The van der Waals surface area contributed by atoms with Crippen molar-refractivity contribution in [3.05, 3.63) is 0 Å². The van der Waals surface area contributed by atoms with Gasteiger partial charge in [0.25, 0.3) is 0 Å². The number of carboxylic acids is 1. The molecule has 0 bridgehead atoms. The summed E-state index contributed by atoms with van der Waals surface area (Å²) in [6.07, 6.45) is 0. The number of carboxylic acid groups (broad SMARTS) is 1. The third kappa shape index (κ3) is 7.15. The van der Waals surface area contributed by atoms with Crippen molar-refractivity contribution < 1.29 is 29.4 Å². The lowest BCUT2D eigenvalue weighted by Crippen LogP contribution is -2.58. The molecule has 0 aromatic carbocycles. The number of nitrogens with two attached hydrogens (primary N) is 1. The first-order valence-corrected chi connectivity index (χ1v) is 7.85. The number of aliphatic hydroxyl groups excluding tert-OH is 1. The minimum atomic E-state index is -1.28. The second kappa shape index (κ2) is 10.8. The van der Waals surface area contributed by atoms with E-state index in [0.29, 0.717) is 0 Å². The van der Waals surface area contributed by atoms with Gasteiger partial charge in [-0.3, -0.25) is 14.4 Å². The van der Waals surface area contributed by atoms with Crippen LogP contribution in [0, 0.1) is 5.92 Å². The molecular weight excluding hydrogens is 340 g/mol. The maximum atomic E-state index is 12.1. The average Bonchev–Trinajstić information content (AvgIpc) is 2.53. The minimum absolute atomic E-state index is 0.106. The Labute approximate surface area is 144 Å². The molecule has 10 nitrogen and oxygen atoms in total. The van der Waals surface area contributed by atoms with Crippen LogP contribution < -0.4 is 21.7 Å². The standard InChI is InChI=1S/C13H24N4O6S/c1-6(2)10(13(22)23)17-12(21)8(5-24)16-11(20)7(4-18)15-9(19)3-14/h6-8,10,18,24H,3-5,14H2,1-2H3,(H,15,19)(H,16,20)(H,17,21)(H,22,23). The van der Waals surface area contributed by atoms with E-state index < -0.39 is 48.4 Å². The van der Waals surface area contributed by atoms with Gasteiger partial charge in [-0.05, 0) is 5.92 Å². The van der Waals surface area contributed by atoms with Crippen LogP contribution >= 0.6 is 12.6 Å². The molecule has 3 unspecified atom stereocenters. The van der Waals surface area contributed by atoms with Crippen molar-refractivity contribution in [1.29, 1.82) is 0 Å². The van der Waals surface area contributed by atoms with Crippen LogP contribution in [0.4, 0.5) is 0 Å². The molecule has 11 heteroatoms. The number of carbonyl (C=O) groups excluding carboxylic acids is 3. The van der Waals surface area contributed by atoms with Crippen molar-refractivity contribution in [2.45, 2.75) is 32.0 Å². The molecule has 3 amide bonds. The fourth-order valence-electron chi connectivity index (χ4n) is 1.68. The summed E-state index contributed by atoms with van der Waals surface area (Å²) in [4.78, 5) is 46.4. The number of aliphatic hydroxyl groups is 1. The monoisotopic (exact) mass is 364 g/mol. The maximum Gasteiger partial charge on any atom is 0.326 e. The summed E-state index contributed by atoms with van der Waals surface area (Å²) in [6.45, 7) is 2.19. The predicted molar refractivity (Wildman–Crippen MR) is 88.3 cm³/mol. The van der Waals surface area contributed by atoms with E-state index >= 15 is 0 Å². The van der Waals surface area contributed by atoms with E-state index in [9.17, 15) is 19.2 Å². The lowest BCUT2D eigenvalue weighted by atomic mass is 10.0. The zero-order valence-corrected chi connectivity index (χ0v) is 14.4. The van der Waals surface area contributed by atoms with Crippen LogP contribution in [0.25, 0.3) is 0 Å². The first-order chi connectivity index (χ1) is 11.2. The molecular formula is C13H24N4O6S. The minimum Gasteiger partial charge on any atom is -0.480 e. The number of hydrogen-bond acceptors (Lipinski definition) is 7. The van der Waals surface area contributed by atoms with Gasteiger partial charge in [0.1, 0.15) is 18.1 Å². The van der Waals surface area contributed by atoms with Crippen molar-refractivity contribution in [1.82, 2.24) is 16.0 Å². The number of nitrogens with one attached hydrogen (secondary N) is 3. The Morgan fingerprint density at radius 3 is 1.96 bits per heavy atom. The van der Waals surface area contributed by atoms with Crippen molar-refractivity contribution in [3.63, 3.8) is 0 Å². The van der Waals surface area contributed by atoms with E-state index in [2.05, 4.69) is 28.6 Å². The van der Waals surface area contributed by atoms with E-state index in [0.717, 1.165) is 0 Å². The highest BCUT2D eigenvalue weighted by atomic mass is 32.1. The van der Waals surface area contributed by atoms with E-state index in [-0.39, 0.29) is 18.2 Å². The van der Waals surface area contributed by atoms with Crippen LogP contribution in [0.5, 0.6) is 0 Å². The van der Waals surface area contributed by atoms with Gasteiger partial charge in [-0.2, -0.15) is 12.6 Å². The van der Waals surface area contributed by atoms with Gasteiger partial charge in [-0.25, -0.2) is 4.79 Å². The summed E-state index contributed by atoms with van der Waals surface area (Å²) in [5.74, 6) is -3.87. The summed E-state index contributed by atoms with van der Waals surface area (Å²) >= 11 is 3.95. The summed E-state index contributed by atoms with van der Waals surface area (Å²) in [5, 5.41) is 25.0. The third-order valence-corrected chi connectivity index (χ3v) is 3.43. The zero-order valence-electron chi connectivity index (χ0n) is 13.5. The highest BCUT2D eigenvalue weighted by Crippen LogP contribution is 2.03. The lowest BCUT2D eigenvalue weighted by Gasteiger charge is -2.24. The largest absolute Gasteiger partial charge is 0.480 e. The lowest BCUT2D eigenvalue weighted by molar-refractivity contribution is -0.143. The second-order valence-corrected chi connectivity index (χ2v) is 5.68. The van der Waals surface area contributed by atoms with E-state index in [1.807, 2.05) is 0 Å². The molecule has 0 heterocycles. The summed E-state index contributed by atoms with van der Waals surface area (Å²) in [7, 11) is 0. The van der Waals surface area contributed by atoms with Gasteiger partial charge >= 0.3 is 5.97 Å². The molecule has 0 rings (SSSR count). The van der Waals surface area contributed by atoms with Gasteiger partial charge in [0.15, 0.2) is 0 Å². The number of thiol groups is 1. The number of hydrogen-bond donors (Lipinski definition) is 7. The van der Waals surface area contributed by atoms with E-state index in [4.69, 9.17) is 15.9 Å². The quantitative estimate of drug-likeness (QED) is 0.203. The van der Waals surface area contributed by atoms with Crippen LogP contribution in [0.2, 0.25) is 0 Å². The highest BCUT2D eigenvalue weighted by molar-refractivity contribution is 7.80. The van der Waals surface area contributed by atoms with Crippen molar-refractivity contribution in [3.8, 4) is 0 Å². The molecule has 3 atom stereocenters. The first kappa shape index (κ1) is 22.1. The van der Waals surface area contributed by atoms with Crippen LogP contribution in [0.1, 0.15) is 13.8 Å². The van der Waals surface area contributed by atoms with E-state index in [1.165, 1.54) is 0 Å². The Hall–Kier alpha value is -1.85. The van der Waals surface area contributed by atoms with Crippen molar-refractivity contribution in [2.24, 2.45) is 11.7 Å². The van der Waals surface area contributed by atoms with Gasteiger partial charge in [0, 0.05) is 5.75 Å².